The average Bonchev–Trinajstić information content (AvgIpc) is 3.44. The Balaban J connectivity index is 0.00000306. The predicted octanol–water partition coefficient (Wildman–Crippen LogP) is 5.04. The number of hydrogen-bond acceptors (Lipinski definition) is 5. The molecule has 178 valence electrons. The number of carbonyl (C=O) groups is 1. The van der Waals surface area contributed by atoms with Gasteiger partial charge in [-0.25, -0.2) is 9.67 Å². The maximum Gasteiger partial charge on any atom is 0.418 e. The van der Waals surface area contributed by atoms with Gasteiger partial charge in [0.05, 0.1) is 17.4 Å². The standard InChI is InChI=1S/C22H24F3N5OS.ClH/c1-14(2)30(16-7-9-26-10-8-16)21(31)18-13-32-20(28-18)15-11-27-29(12-15)19-6-4-3-5-17(19)22(23,24)25;/h3-6,11-14,16,26H,7-10H2,1-2H3;1H. The average molecular weight is 500 g/mol. The molecule has 0 atom stereocenters. The molecule has 0 bridgehead atoms. The summed E-state index contributed by atoms with van der Waals surface area (Å²) in [5.41, 5.74) is 0.0832. The summed E-state index contributed by atoms with van der Waals surface area (Å²) >= 11 is 1.28. The number of hydrogen-bond donors (Lipinski definition) is 1. The molecule has 33 heavy (non-hydrogen) atoms. The van der Waals surface area contributed by atoms with E-state index in [1.165, 1.54) is 46.6 Å². The summed E-state index contributed by atoms with van der Waals surface area (Å²) in [5.74, 6) is -0.121. The number of thiazole rings is 1. The summed E-state index contributed by atoms with van der Waals surface area (Å²) in [4.78, 5) is 19.6. The predicted molar refractivity (Wildman–Crippen MR) is 124 cm³/mol. The first-order chi connectivity index (χ1) is 15.3. The Hall–Kier alpha value is -2.43. The normalized spacial score (nSPS) is 14.8. The van der Waals surface area contributed by atoms with Crippen LogP contribution in [0.4, 0.5) is 13.2 Å². The van der Waals surface area contributed by atoms with Crippen molar-refractivity contribution in [1.29, 1.82) is 0 Å². The van der Waals surface area contributed by atoms with Crippen LogP contribution in [-0.4, -0.2) is 50.7 Å². The van der Waals surface area contributed by atoms with Gasteiger partial charge in [-0.15, -0.1) is 23.7 Å². The number of halogens is 4. The van der Waals surface area contributed by atoms with Crippen molar-refractivity contribution in [3.05, 3.63) is 53.3 Å². The van der Waals surface area contributed by atoms with E-state index in [0.717, 1.165) is 32.0 Å². The molecule has 0 saturated carbocycles. The summed E-state index contributed by atoms with van der Waals surface area (Å²) in [6.07, 6.45) is 0.273. The zero-order valence-electron chi connectivity index (χ0n) is 18.2. The third-order valence-electron chi connectivity index (χ3n) is 5.50. The topological polar surface area (TPSA) is 63.1 Å². The zero-order valence-corrected chi connectivity index (χ0v) is 19.8. The first-order valence-corrected chi connectivity index (χ1v) is 11.3. The molecule has 0 radical (unpaired) electrons. The summed E-state index contributed by atoms with van der Waals surface area (Å²) in [6.45, 7) is 5.74. The SMILES string of the molecule is CC(C)N(C(=O)c1csc(-c2cnn(-c3ccccc3C(F)(F)F)c2)n1)C1CCNCC1.Cl. The third-order valence-corrected chi connectivity index (χ3v) is 6.39. The lowest BCUT2D eigenvalue weighted by molar-refractivity contribution is -0.137. The largest absolute Gasteiger partial charge is 0.418 e. The van der Waals surface area contributed by atoms with Crippen molar-refractivity contribution in [2.24, 2.45) is 0 Å². The van der Waals surface area contributed by atoms with Gasteiger partial charge in [0, 0.05) is 29.2 Å². The molecule has 1 amide bonds. The molecule has 2 aromatic heterocycles. The van der Waals surface area contributed by atoms with Crippen molar-refractivity contribution in [2.75, 3.05) is 13.1 Å². The fraction of sp³-hybridized carbons (Fsp3) is 0.409. The van der Waals surface area contributed by atoms with Crippen LogP contribution in [0.1, 0.15) is 42.7 Å². The maximum atomic E-state index is 13.4. The smallest absolute Gasteiger partial charge is 0.332 e. The van der Waals surface area contributed by atoms with E-state index in [2.05, 4.69) is 15.4 Å². The van der Waals surface area contributed by atoms with Gasteiger partial charge in [-0.05, 0) is 51.9 Å². The Morgan fingerprint density at radius 3 is 2.61 bits per heavy atom. The minimum Gasteiger partial charge on any atom is -0.332 e. The second-order valence-electron chi connectivity index (χ2n) is 8.01. The van der Waals surface area contributed by atoms with Crippen LogP contribution < -0.4 is 5.32 Å². The Bertz CT molecular complexity index is 1090. The van der Waals surface area contributed by atoms with Crippen LogP contribution in [0.25, 0.3) is 16.3 Å². The van der Waals surface area contributed by atoms with Crippen LogP contribution in [-0.2, 0) is 6.18 Å². The highest BCUT2D eigenvalue weighted by Crippen LogP contribution is 2.34. The molecule has 1 aliphatic heterocycles. The highest BCUT2D eigenvalue weighted by molar-refractivity contribution is 7.13. The summed E-state index contributed by atoms with van der Waals surface area (Å²) in [7, 11) is 0. The fourth-order valence-corrected chi connectivity index (χ4v) is 4.79. The molecule has 0 aliphatic carbocycles. The van der Waals surface area contributed by atoms with E-state index in [-0.39, 0.29) is 36.1 Å². The molecule has 6 nitrogen and oxygen atoms in total. The second kappa shape index (κ2) is 10.2. The van der Waals surface area contributed by atoms with Crippen LogP contribution in [0.15, 0.2) is 42.0 Å². The minimum absolute atomic E-state index is 0. The number of carbonyl (C=O) groups excluding carboxylic acids is 1. The fourth-order valence-electron chi connectivity index (χ4n) is 4.02. The summed E-state index contributed by atoms with van der Waals surface area (Å²) in [5, 5.41) is 9.66. The van der Waals surface area contributed by atoms with E-state index >= 15 is 0 Å². The van der Waals surface area contributed by atoms with Crippen LogP contribution in [0.5, 0.6) is 0 Å². The number of benzene rings is 1. The van der Waals surface area contributed by atoms with Crippen molar-refractivity contribution in [1.82, 2.24) is 25.0 Å². The molecular formula is C22H25ClF3N5OS. The number of nitrogens with one attached hydrogen (secondary N) is 1. The molecule has 4 rings (SSSR count). The molecule has 1 aromatic carbocycles. The van der Waals surface area contributed by atoms with E-state index in [9.17, 15) is 18.0 Å². The van der Waals surface area contributed by atoms with E-state index in [0.29, 0.717) is 16.3 Å². The van der Waals surface area contributed by atoms with Crippen LogP contribution in [0.3, 0.4) is 0 Å². The second-order valence-corrected chi connectivity index (χ2v) is 8.87. The number of rotatable bonds is 5. The number of amides is 1. The van der Waals surface area contributed by atoms with Crippen LogP contribution in [0.2, 0.25) is 0 Å². The summed E-state index contributed by atoms with van der Waals surface area (Å²) in [6, 6.07) is 5.48. The molecular weight excluding hydrogens is 475 g/mol. The monoisotopic (exact) mass is 499 g/mol. The van der Waals surface area contributed by atoms with Crippen molar-refractivity contribution in [2.45, 2.75) is 44.9 Å². The van der Waals surface area contributed by atoms with Gasteiger partial charge in [-0.1, -0.05) is 12.1 Å². The molecule has 1 saturated heterocycles. The molecule has 0 unspecified atom stereocenters. The third kappa shape index (κ3) is 5.39. The molecule has 1 N–H and O–H groups in total. The molecule has 0 spiro atoms. The van der Waals surface area contributed by atoms with Crippen LogP contribution in [0, 0.1) is 0 Å². The quantitative estimate of drug-likeness (QED) is 0.534. The first kappa shape index (κ1) is 25.2. The van der Waals surface area contributed by atoms with Gasteiger partial charge in [-0.3, -0.25) is 4.79 Å². The zero-order chi connectivity index (χ0) is 22.9. The Kier molecular flexibility index (Phi) is 7.81. The Morgan fingerprint density at radius 1 is 1.24 bits per heavy atom. The highest BCUT2D eigenvalue weighted by atomic mass is 35.5. The number of para-hydroxylation sites is 1. The van der Waals surface area contributed by atoms with E-state index in [4.69, 9.17) is 0 Å². The van der Waals surface area contributed by atoms with Crippen LogP contribution >= 0.6 is 23.7 Å². The van der Waals surface area contributed by atoms with E-state index < -0.39 is 11.7 Å². The van der Waals surface area contributed by atoms with Gasteiger partial charge in [0.2, 0.25) is 0 Å². The number of piperidine rings is 1. The van der Waals surface area contributed by atoms with E-state index in [1.54, 1.807) is 5.38 Å². The first-order valence-electron chi connectivity index (χ1n) is 10.5. The van der Waals surface area contributed by atoms with Gasteiger partial charge in [0.1, 0.15) is 10.7 Å². The molecule has 3 heterocycles. The Morgan fingerprint density at radius 2 is 1.94 bits per heavy atom. The highest BCUT2D eigenvalue weighted by Gasteiger charge is 2.34. The van der Waals surface area contributed by atoms with E-state index in [1.807, 2.05) is 18.7 Å². The maximum absolute atomic E-state index is 13.4. The number of nitrogens with zero attached hydrogens (tertiary/aromatic N) is 4. The molecule has 1 fully saturated rings. The molecule has 3 aromatic rings. The van der Waals surface area contributed by atoms with Gasteiger partial charge in [-0.2, -0.15) is 18.3 Å². The Labute approximate surface area is 200 Å². The van der Waals surface area contributed by atoms with Crippen molar-refractivity contribution < 1.29 is 18.0 Å². The van der Waals surface area contributed by atoms with Crippen molar-refractivity contribution in [3.8, 4) is 16.3 Å². The van der Waals surface area contributed by atoms with Gasteiger partial charge in [0.25, 0.3) is 5.91 Å². The van der Waals surface area contributed by atoms with Crippen molar-refractivity contribution >= 4 is 29.7 Å². The summed E-state index contributed by atoms with van der Waals surface area (Å²) < 4.78 is 41.2. The molecule has 11 heteroatoms. The lowest BCUT2D eigenvalue weighted by Gasteiger charge is -2.37. The van der Waals surface area contributed by atoms with Gasteiger partial charge < -0.3 is 10.2 Å². The van der Waals surface area contributed by atoms with Crippen molar-refractivity contribution in [3.63, 3.8) is 0 Å². The molecule has 1 aliphatic rings. The van der Waals surface area contributed by atoms with Gasteiger partial charge >= 0.3 is 6.18 Å². The minimum atomic E-state index is -4.49. The number of aromatic nitrogens is 3. The van der Waals surface area contributed by atoms with Gasteiger partial charge in [0.15, 0.2) is 0 Å². The lowest BCUT2D eigenvalue weighted by atomic mass is 10.0. The lowest BCUT2D eigenvalue weighted by Crippen LogP contribution is -2.49. The number of alkyl halides is 3.